The van der Waals surface area contributed by atoms with Crippen LogP contribution in [0.25, 0.3) is 0 Å². The Bertz CT molecular complexity index is 599. The molecule has 1 aromatic carbocycles. The van der Waals surface area contributed by atoms with Gasteiger partial charge in [-0.15, -0.1) is 0 Å². The maximum Gasteiger partial charge on any atom is 0.255 e. The van der Waals surface area contributed by atoms with Gasteiger partial charge in [-0.05, 0) is 31.2 Å². The molecular weight excluding hydrogens is 254 g/mol. The molecule has 0 saturated carbocycles. The first-order valence-electron chi connectivity index (χ1n) is 6.27. The highest BCUT2D eigenvalue weighted by Crippen LogP contribution is 2.22. The molecular formula is C15H17N3O2. The number of methoxy groups -OCH3 is 1. The summed E-state index contributed by atoms with van der Waals surface area (Å²) in [6.45, 7) is 1.88. The number of amides is 1. The number of nitrogen functional groups attached to an aromatic ring is 1. The average molecular weight is 271 g/mol. The van der Waals surface area contributed by atoms with E-state index < -0.39 is 0 Å². The van der Waals surface area contributed by atoms with E-state index in [1.807, 2.05) is 25.1 Å². The van der Waals surface area contributed by atoms with Crippen LogP contribution < -0.4 is 15.8 Å². The minimum atomic E-state index is -0.222. The van der Waals surface area contributed by atoms with Crippen molar-refractivity contribution in [1.29, 1.82) is 0 Å². The maximum atomic E-state index is 12.3. The number of pyridine rings is 1. The van der Waals surface area contributed by atoms with Crippen molar-refractivity contribution >= 4 is 11.6 Å². The Hall–Kier alpha value is -2.56. The Morgan fingerprint density at radius 2 is 2.15 bits per heavy atom. The third-order valence-corrected chi connectivity index (χ3v) is 2.95. The van der Waals surface area contributed by atoms with E-state index in [9.17, 15) is 4.79 Å². The normalized spacial score (nSPS) is 11.7. The molecule has 5 heteroatoms. The fraction of sp³-hybridized carbons (Fsp3) is 0.200. The van der Waals surface area contributed by atoms with Crippen LogP contribution in [0.15, 0.2) is 42.6 Å². The van der Waals surface area contributed by atoms with E-state index in [0.29, 0.717) is 17.0 Å². The highest BCUT2D eigenvalue weighted by molar-refractivity contribution is 5.97. The number of carbonyl (C=O) groups excluding carboxylic acids is 1. The predicted molar refractivity (Wildman–Crippen MR) is 77.5 cm³/mol. The number of carbonyl (C=O) groups is 1. The number of rotatable bonds is 4. The van der Waals surface area contributed by atoms with Crippen LogP contribution in [0.4, 0.5) is 5.69 Å². The van der Waals surface area contributed by atoms with Crippen molar-refractivity contribution in [1.82, 2.24) is 10.3 Å². The van der Waals surface area contributed by atoms with Gasteiger partial charge in [-0.2, -0.15) is 0 Å². The minimum absolute atomic E-state index is 0.189. The molecule has 104 valence electrons. The van der Waals surface area contributed by atoms with Crippen molar-refractivity contribution in [2.75, 3.05) is 12.8 Å². The number of nitrogens with one attached hydrogen (secondary N) is 1. The van der Waals surface area contributed by atoms with Gasteiger partial charge in [0, 0.05) is 18.0 Å². The number of benzene rings is 1. The lowest BCUT2D eigenvalue weighted by atomic mass is 10.1. The highest BCUT2D eigenvalue weighted by atomic mass is 16.5. The van der Waals surface area contributed by atoms with Crippen molar-refractivity contribution in [3.63, 3.8) is 0 Å². The molecule has 0 bridgehead atoms. The van der Waals surface area contributed by atoms with Crippen molar-refractivity contribution < 1.29 is 9.53 Å². The molecule has 2 aromatic rings. The van der Waals surface area contributed by atoms with E-state index in [-0.39, 0.29) is 11.9 Å². The van der Waals surface area contributed by atoms with Gasteiger partial charge in [0.15, 0.2) is 0 Å². The summed E-state index contributed by atoms with van der Waals surface area (Å²) in [7, 11) is 1.51. The summed E-state index contributed by atoms with van der Waals surface area (Å²) in [5.41, 5.74) is 7.48. The zero-order valence-electron chi connectivity index (χ0n) is 11.5. The summed E-state index contributed by atoms with van der Waals surface area (Å²) in [6, 6.07) is 10.3. The molecule has 0 radical (unpaired) electrons. The summed E-state index contributed by atoms with van der Waals surface area (Å²) in [5, 5.41) is 2.88. The third kappa shape index (κ3) is 3.06. The van der Waals surface area contributed by atoms with Gasteiger partial charge in [-0.25, -0.2) is 0 Å². The van der Waals surface area contributed by atoms with E-state index in [2.05, 4.69) is 10.3 Å². The lowest BCUT2D eigenvalue weighted by molar-refractivity contribution is 0.0936. The third-order valence-electron chi connectivity index (χ3n) is 2.95. The largest absolute Gasteiger partial charge is 0.496 e. The van der Waals surface area contributed by atoms with Gasteiger partial charge in [0.1, 0.15) is 5.75 Å². The van der Waals surface area contributed by atoms with Crippen LogP contribution in [-0.2, 0) is 0 Å². The van der Waals surface area contributed by atoms with Crippen LogP contribution in [-0.4, -0.2) is 18.0 Å². The molecule has 0 saturated heterocycles. The molecule has 0 aliphatic rings. The van der Waals surface area contributed by atoms with Gasteiger partial charge < -0.3 is 15.8 Å². The second-order valence-corrected chi connectivity index (χ2v) is 4.41. The van der Waals surface area contributed by atoms with Crippen LogP contribution in [0.2, 0.25) is 0 Å². The van der Waals surface area contributed by atoms with Crippen LogP contribution in [0.3, 0.4) is 0 Å². The first-order chi connectivity index (χ1) is 9.61. The monoisotopic (exact) mass is 271 g/mol. The molecule has 0 spiro atoms. The van der Waals surface area contributed by atoms with Gasteiger partial charge in [-0.3, -0.25) is 9.78 Å². The maximum absolute atomic E-state index is 12.3. The Balaban J connectivity index is 2.16. The number of hydrogen-bond donors (Lipinski definition) is 2. The van der Waals surface area contributed by atoms with Gasteiger partial charge >= 0.3 is 0 Å². The SMILES string of the molecule is COc1cc(N)ccc1C(=O)N[C@@H](C)c1ccccn1. The Morgan fingerprint density at radius 3 is 2.80 bits per heavy atom. The van der Waals surface area contributed by atoms with Crippen molar-refractivity contribution in [3.8, 4) is 5.75 Å². The molecule has 1 heterocycles. The van der Waals surface area contributed by atoms with Crippen molar-refractivity contribution in [2.24, 2.45) is 0 Å². The molecule has 1 amide bonds. The Kier molecular flexibility index (Phi) is 4.20. The lowest BCUT2D eigenvalue weighted by Crippen LogP contribution is -2.27. The first-order valence-corrected chi connectivity index (χ1v) is 6.27. The van der Waals surface area contributed by atoms with E-state index in [4.69, 9.17) is 10.5 Å². The van der Waals surface area contributed by atoms with Gasteiger partial charge in [-0.1, -0.05) is 6.07 Å². The zero-order chi connectivity index (χ0) is 14.5. The summed E-state index contributed by atoms with van der Waals surface area (Å²) >= 11 is 0. The molecule has 2 rings (SSSR count). The van der Waals surface area contributed by atoms with Crippen LogP contribution in [0, 0.1) is 0 Å². The lowest BCUT2D eigenvalue weighted by Gasteiger charge is -2.15. The fourth-order valence-corrected chi connectivity index (χ4v) is 1.88. The summed E-state index contributed by atoms with van der Waals surface area (Å²) < 4.78 is 5.18. The van der Waals surface area contributed by atoms with Crippen LogP contribution in [0.1, 0.15) is 29.0 Å². The van der Waals surface area contributed by atoms with Gasteiger partial charge in [0.25, 0.3) is 5.91 Å². The molecule has 1 aromatic heterocycles. The number of ether oxygens (including phenoxy) is 1. The molecule has 0 aliphatic carbocycles. The number of hydrogen-bond acceptors (Lipinski definition) is 4. The van der Waals surface area contributed by atoms with Crippen molar-refractivity contribution in [2.45, 2.75) is 13.0 Å². The number of anilines is 1. The smallest absolute Gasteiger partial charge is 0.255 e. The Morgan fingerprint density at radius 1 is 1.35 bits per heavy atom. The molecule has 5 nitrogen and oxygen atoms in total. The second kappa shape index (κ2) is 6.06. The van der Waals surface area contributed by atoms with E-state index in [1.165, 1.54) is 7.11 Å². The Labute approximate surface area is 117 Å². The van der Waals surface area contributed by atoms with Crippen molar-refractivity contribution in [3.05, 3.63) is 53.9 Å². The summed E-state index contributed by atoms with van der Waals surface area (Å²) in [6.07, 6.45) is 1.70. The number of nitrogens with zero attached hydrogens (tertiary/aromatic N) is 1. The summed E-state index contributed by atoms with van der Waals surface area (Å²) in [4.78, 5) is 16.5. The fourth-order valence-electron chi connectivity index (χ4n) is 1.88. The molecule has 3 N–H and O–H groups in total. The van der Waals surface area contributed by atoms with Crippen LogP contribution >= 0.6 is 0 Å². The molecule has 20 heavy (non-hydrogen) atoms. The average Bonchev–Trinajstić information content (AvgIpc) is 2.47. The highest BCUT2D eigenvalue weighted by Gasteiger charge is 2.16. The quantitative estimate of drug-likeness (QED) is 0.835. The van der Waals surface area contributed by atoms with E-state index in [0.717, 1.165) is 5.69 Å². The minimum Gasteiger partial charge on any atom is -0.496 e. The molecule has 0 unspecified atom stereocenters. The number of nitrogens with two attached hydrogens (primary N) is 1. The van der Waals surface area contributed by atoms with Gasteiger partial charge in [0.05, 0.1) is 24.4 Å². The van der Waals surface area contributed by atoms with Crippen LogP contribution in [0.5, 0.6) is 5.75 Å². The summed E-state index contributed by atoms with van der Waals surface area (Å²) in [5.74, 6) is 0.232. The number of aromatic nitrogens is 1. The zero-order valence-corrected chi connectivity index (χ0v) is 11.5. The molecule has 1 atom stereocenters. The van der Waals surface area contributed by atoms with E-state index >= 15 is 0 Å². The van der Waals surface area contributed by atoms with E-state index in [1.54, 1.807) is 24.4 Å². The molecule has 0 aliphatic heterocycles. The topological polar surface area (TPSA) is 77.2 Å². The first kappa shape index (κ1) is 13.9. The standard InChI is InChI=1S/C15H17N3O2/c1-10(13-5-3-4-8-17-13)18-15(19)12-7-6-11(16)9-14(12)20-2/h3-10H,16H2,1-2H3,(H,18,19)/t10-/m0/s1. The molecule has 0 fully saturated rings. The predicted octanol–water partition coefficient (Wildman–Crippen LogP) is 2.16. The second-order valence-electron chi connectivity index (χ2n) is 4.41. The van der Waals surface area contributed by atoms with Gasteiger partial charge in [0.2, 0.25) is 0 Å².